The second-order valence-electron chi connectivity index (χ2n) is 15.3. The minimum Gasteiger partial charge on any atom is -0.415 e. The van der Waals surface area contributed by atoms with Crippen molar-refractivity contribution in [1.29, 1.82) is 0 Å². The second-order valence-corrected chi connectivity index (χ2v) is 15.6. The van der Waals surface area contributed by atoms with Gasteiger partial charge < -0.3 is 24.7 Å². The Hall–Kier alpha value is -7.35. The number of hydrogen-bond acceptors (Lipinski definition) is 15. The van der Waals surface area contributed by atoms with Gasteiger partial charge in [-0.3, -0.25) is 34.4 Å². The van der Waals surface area contributed by atoms with Crippen LogP contribution in [0.25, 0.3) is 44.3 Å². The molecule has 2 aliphatic heterocycles. The lowest BCUT2D eigenvalue weighted by molar-refractivity contribution is 0.0359. The number of benzene rings is 2. The van der Waals surface area contributed by atoms with E-state index in [2.05, 4.69) is 56.2 Å². The molecule has 0 radical (unpaired) electrons. The first-order valence-electron chi connectivity index (χ1n) is 21.7. The molecule has 8 aromatic rings. The summed E-state index contributed by atoms with van der Waals surface area (Å²) in [6.07, 6.45) is 10.8. The number of carbonyl (C=O) groups is 2. The average molecular weight is 925 g/mol. The van der Waals surface area contributed by atoms with E-state index in [1.54, 1.807) is 60.7 Å². The summed E-state index contributed by atoms with van der Waals surface area (Å²) in [5, 5.41) is 11.6. The summed E-state index contributed by atoms with van der Waals surface area (Å²) >= 11 is 4.95. The molecule has 0 spiro atoms. The van der Waals surface area contributed by atoms with Gasteiger partial charge in [0, 0.05) is 97.9 Å². The Morgan fingerprint density at radius 1 is 0.582 bits per heavy atom. The number of ether oxygens (including phenoxy) is 4. The van der Waals surface area contributed by atoms with Gasteiger partial charge in [-0.1, -0.05) is 36.4 Å². The standard InChI is InChI=1S/C24H24N6O3.C17H20N6O.C7H5ClO2/c31-24(33-20-4-2-1-3-5-20)28-23-7-6-21-22(27-23)14-18(15-25-21)19-16-26-30(17-19)9-8-29-10-12-32-13-11-29;18-17-2-1-15-16(21-17)9-13(10-19-15)14-11-20-23(12-14)4-3-22-5-7-24-8-6-22;8-7(9)10-6-4-2-1-3-5-6/h1-7,14-17H,8-13H2,(H,27,28,31);1-2,9-12H,3-8H2,(H2,18,21);1-5H. The number of rotatable bonds is 11. The summed E-state index contributed by atoms with van der Waals surface area (Å²) in [7, 11) is 0. The number of para-hydroxylation sites is 2. The van der Waals surface area contributed by atoms with Crippen LogP contribution in [-0.4, -0.2) is 127 Å². The van der Waals surface area contributed by atoms with Gasteiger partial charge in [0.1, 0.15) is 23.1 Å². The van der Waals surface area contributed by atoms with Crippen molar-refractivity contribution in [2.24, 2.45) is 0 Å². The Morgan fingerprint density at radius 2 is 1.07 bits per heavy atom. The van der Waals surface area contributed by atoms with Crippen LogP contribution < -0.4 is 20.5 Å². The lowest BCUT2D eigenvalue weighted by atomic mass is 10.1. The van der Waals surface area contributed by atoms with Crippen molar-refractivity contribution in [1.82, 2.24) is 49.3 Å². The van der Waals surface area contributed by atoms with Gasteiger partial charge in [-0.05, 0) is 60.7 Å². The van der Waals surface area contributed by atoms with Crippen LogP contribution in [0.1, 0.15) is 0 Å². The number of pyridine rings is 4. The molecule has 2 aromatic carbocycles. The Bertz CT molecular complexity index is 2850. The summed E-state index contributed by atoms with van der Waals surface area (Å²) in [6.45, 7) is 10.8. The van der Waals surface area contributed by atoms with E-state index in [1.807, 2.05) is 76.7 Å². The fourth-order valence-electron chi connectivity index (χ4n) is 7.13. The maximum absolute atomic E-state index is 12.2. The highest BCUT2D eigenvalue weighted by molar-refractivity contribution is 6.61. The van der Waals surface area contributed by atoms with Crippen molar-refractivity contribution >= 4 is 56.8 Å². The molecule has 2 saturated heterocycles. The molecule has 0 aliphatic carbocycles. The third-order valence-corrected chi connectivity index (χ3v) is 10.7. The van der Waals surface area contributed by atoms with Crippen LogP contribution >= 0.6 is 11.6 Å². The van der Waals surface area contributed by atoms with Crippen molar-refractivity contribution < 1.29 is 28.5 Å². The van der Waals surface area contributed by atoms with E-state index in [0.29, 0.717) is 28.7 Å². The first kappa shape index (κ1) is 46.2. The van der Waals surface area contributed by atoms with E-state index in [4.69, 9.17) is 31.5 Å². The number of carbonyl (C=O) groups excluding carboxylic acids is 2. The van der Waals surface area contributed by atoms with Crippen molar-refractivity contribution in [3.8, 4) is 33.8 Å². The molecule has 0 unspecified atom stereocenters. The monoisotopic (exact) mass is 924 g/mol. The molecule has 8 heterocycles. The Morgan fingerprint density at radius 3 is 1.60 bits per heavy atom. The molecule has 344 valence electrons. The highest BCUT2D eigenvalue weighted by atomic mass is 35.5. The molecule has 0 atom stereocenters. The number of morpholine rings is 2. The van der Waals surface area contributed by atoms with Crippen molar-refractivity contribution in [2.75, 3.05) is 76.7 Å². The smallest absolute Gasteiger partial charge is 0.415 e. The Kier molecular flexibility index (Phi) is 16.0. The van der Waals surface area contributed by atoms with Gasteiger partial charge in [0.25, 0.3) is 0 Å². The number of halogens is 1. The Balaban J connectivity index is 0.000000156. The van der Waals surface area contributed by atoms with Gasteiger partial charge in [0.15, 0.2) is 0 Å². The summed E-state index contributed by atoms with van der Waals surface area (Å²) in [5.74, 6) is 1.82. The minimum absolute atomic E-state index is 0.392. The molecule has 19 heteroatoms. The van der Waals surface area contributed by atoms with Crippen LogP contribution in [0, 0.1) is 0 Å². The summed E-state index contributed by atoms with van der Waals surface area (Å²) in [5.41, 5.74) is 11.9. The first-order chi connectivity index (χ1) is 32.8. The number of nitrogens with zero attached hydrogens (tertiary/aromatic N) is 10. The normalized spacial score (nSPS) is 14.0. The number of aromatic nitrogens is 8. The number of anilines is 2. The maximum atomic E-state index is 12.2. The van der Waals surface area contributed by atoms with Crippen LogP contribution in [0.3, 0.4) is 0 Å². The van der Waals surface area contributed by atoms with E-state index in [-0.39, 0.29) is 0 Å². The van der Waals surface area contributed by atoms with E-state index in [0.717, 1.165) is 118 Å². The van der Waals surface area contributed by atoms with Gasteiger partial charge in [0.05, 0.1) is 74.0 Å². The molecule has 0 bridgehead atoms. The van der Waals surface area contributed by atoms with Crippen LogP contribution in [0.15, 0.2) is 134 Å². The highest BCUT2D eigenvalue weighted by Gasteiger charge is 2.14. The van der Waals surface area contributed by atoms with Gasteiger partial charge in [-0.15, -0.1) is 0 Å². The highest BCUT2D eigenvalue weighted by Crippen LogP contribution is 2.24. The SMILES string of the molecule is Nc1ccc2ncc(-c3cnn(CCN4CCOCC4)c3)cc2n1.O=C(Cl)Oc1ccccc1.O=C(Nc1ccc2ncc(-c3cnn(CCN4CCOCC4)c3)cc2n1)Oc1ccccc1. The number of nitrogens with two attached hydrogens (primary N) is 1. The lowest BCUT2D eigenvalue weighted by Gasteiger charge is -2.26. The van der Waals surface area contributed by atoms with Gasteiger partial charge >= 0.3 is 11.5 Å². The maximum Gasteiger partial charge on any atom is 0.418 e. The van der Waals surface area contributed by atoms with Gasteiger partial charge in [-0.2, -0.15) is 10.2 Å². The predicted molar refractivity (Wildman–Crippen MR) is 255 cm³/mol. The molecule has 18 nitrogen and oxygen atoms in total. The fourth-order valence-corrected chi connectivity index (χ4v) is 7.22. The number of amides is 1. The molecule has 1 amide bonds. The molecular weight excluding hydrogens is 876 g/mol. The molecule has 2 aliphatic rings. The first-order valence-corrected chi connectivity index (χ1v) is 22.1. The molecule has 10 rings (SSSR count). The van der Waals surface area contributed by atoms with Crippen LogP contribution in [0.5, 0.6) is 11.5 Å². The molecular formula is C48H49ClN12O6. The van der Waals surface area contributed by atoms with E-state index >= 15 is 0 Å². The number of hydrogen-bond donors (Lipinski definition) is 2. The summed E-state index contributed by atoms with van der Waals surface area (Å²) in [4.78, 5) is 44.9. The minimum atomic E-state index is -0.814. The van der Waals surface area contributed by atoms with Crippen LogP contribution in [-0.2, 0) is 22.6 Å². The third-order valence-electron chi connectivity index (χ3n) is 10.7. The zero-order valence-electron chi connectivity index (χ0n) is 36.6. The fraction of sp³-hybridized carbons (Fsp3) is 0.250. The largest absolute Gasteiger partial charge is 0.418 e. The number of fused-ring (bicyclic) bond motifs is 2. The molecule has 2 fully saturated rings. The zero-order chi connectivity index (χ0) is 46.2. The van der Waals surface area contributed by atoms with E-state index < -0.39 is 11.5 Å². The van der Waals surface area contributed by atoms with E-state index in [1.165, 1.54) is 0 Å². The van der Waals surface area contributed by atoms with Crippen molar-refractivity contribution in [2.45, 2.75) is 13.1 Å². The lowest BCUT2D eigenvalue weighted by Crippen LogP contribution is -2.38. The van der Waals surface area contributed by atoms with Crippen LogP contribution in [0.4, 0.5) is 21.2 Å². The molecule has 3 N–H and O–H groups in total. The van der Waals surface area contributed by atoms with Gasteiger partial charge in [0.2, 0.25) is 0 Å². The molecule has 67 heavy (non-hydrogen) atoms. The Labute approximate surface area is 391 Å². The second kappa shape index (κ2) is 23.2. The molecule has 0 saturated carbocycles. The quantitative estimate of drug-likeness (QED) is 0.123. The van der Waals surface area contributed by atoms with Crippen molar-refractivity contribution in [3.63, 3.8) is 0 Å². The summed E-state index contributed by atoms with van der Waals surface area (Å²) in [6, 6.07) is 28.6. The summed E-state index contributed by atoms with van der Waals surface area (Å²) < 4.78 is 24.5. The van der Waals surface area contributed by atoms with Crippen molar-refractivity contribution in [3.05, 3.63) is 134 Å². The van der Waals surface area contributed by atoms with Gasteiger partial charge in [-0.25, -0.2) is 19.6 Å². The number of nitrogens with one attached hydrogen (secondary N) is 1. The predicted octanol–water partition coefficient (Wildman–Crippen LogP) is 7.27. The topological polar surface area (TPSA) is 203 Å². The van der Waals surface area contributed by atoms with Crippen LogP contribution in [0.2, 0.25) is 0 Å². The van der Waals surface area contributed by atoms with E-state index in [9.17, 15) is 9.59 Å². The zero-order valence-corrected chi connectivity index (χ0v) is 37.3. The third kappa shape index (κ3) is 13.8. The number of nitrogen functional groups attached to an aromatic ring is 1. The molecule has 6 aromatic heterocycles. The average Bonchev–Trinajstić information content (AvgIpc) is 4.05.